The highest BCUT2D eigenvalue weighted by atomic mass is 16.5. The molecule has 0 radical (unpaired) electrons. The first kappa shape index (κ1) is 19.4. The van der Waals surface area contributed by atoms with Crippen LogP contribution in [0.5, 0.6) is 5.75 Å². The van der Waals surface area contributed by atoms with Crippen LogP contribution in [0, 0.1) is 0 Å². The first-order chi connectivity index (χ1) is 13.0. The van der Waals surface area contributed by atoms with E-state index < -0.39 is 0 Å². The number of nitrogens with one attached hydrogen (secondary N) is 1. The van der Waals surface area contributed by atoms with Gasteiger partial charge in [0.2, 0.25) is 0 Å². The van der Waals surface area contributed by atoms with E-state index in [0.717, 1.165) is 42.8 Å². The van der Waals surface area contributed by atoms with Crippen molar-refractivity contribution in [3.05, 3.63) is 35.7 Å². The van der Waals surface area contributed by atoms with Gasteiger partial charge in [-0.05, 0) is 70.2 Å². The standard InChI is InChI=1S/C20H28N4O3/c1-4-18-19(20(26)21-14-5-9-16(25)10-6-14)22-23-24(18)15-7-11-17(12-8-15)27-13(2)3/h7-8,11-14,16,25H,4-6,9-10H2,1-3H3,(H,21,26). The summed E-state index contributed by atoms with van der Waals surface area (Å²) in [6.45, 7) is 5.95. The number of aliphatic hydroxyl groups is 1. The largest absolute Gasteiger partial charge is 0.491 e. The van der Waals surface area contributed by atoms with Crippen LogP contribution in [0.25, 0.3) is 5.69 Å². The normalized spacial score (nSPS) is 19.9. The van der Waals surface area contributed by atoms with Gasteiger partial charge >= 0.3 is 0 Å². The van der Waals surface area contributed by atoms with E-state index in [1.54, 1.807) is 4.68 Å². The third-order valence-corrected chi connectivity index (χ3v) is 4.80. The van der Waals surface area contributed by atoms with Crippen LogP contribution in [0.15, 0.2) is 24.3 Å². The van der Waals surface area contributed by atoms with Gasteiger partial charge in [-0.3, -0.25) is 4.79 Å². The molecule has 0 saturated heterocycles. The molecule has 1 heterocycles. The molecule has 2 aromatic rings. The lowest BCUT2D eigenvalue weighted by Crippen LogP contribution is -2.39. The van der Waals surface area contributed by atoms with Crippen molar-refractivity contribution >= 4 is 5.91 Å². The topological polar surface area (TPSA) is 89.3 Å². The molecule has 1 aliphatic rings. The fourth-order valence-electron chi connectivity index (χ4n) is 3.41. The number of hydrogen-bond acceptors (Lipinski definition) is 5. The average Bonchev–Trinajstić information content (AvgIpc) is 3.08. The molecule has 1 fully saturated rings. The third kappa shape index (κ3) is 4.66. The molecule has 1 aromatic carbocycles. The molecule has 27 heavy (non-hydrogen) atoms. The third-order valence-electron chi connectivity index (χ3n) is 4.80. The molecule has 0 bridgehead atoms. The first-order valence-electron chi connectivity index (χ1n) is 9.68. The molecule has 1 aliphatic carbocycles. The molecule has 0 atom stereocenters. The Morgan fingerprint density at radius 3 is 2.52 bits per heavy atom. The number of benzene rings is 1. The van der Waals surface area contributed by atoms with Gasteiger partial charge in [-0.25, -0.2) is 4.68 Å². The SMILES string of the molecule is CCc1c(C(=O)NC2CCC(O)CC2)nnn1-c1ccc(OC(C)C)cc1. The van der Waals surface area contributed by atoms with Crippen molar-refractivity contribution in [2.24, 2.45) is 0 Å². The van der Waals surface area contributed by atoms with Crippen molar-refractivity contribution in [1.29, 1.82) is 0 Å². The van der Waals surface area contributed by atoms with Gasteiger partial charge in [0.05, 0.1) is 23.6 Å². The molecule has 1 saturated carbocycles. The maximum atomic E-state index is 12.7. The van der Waals surface area contributed by atoms with Crippen LogP contribution in [-0.4, -0.2) is 44.3 Å². The second-order valence-electron chi connectivity index (χ2n) is 7.29. The lowest BCUT2D eigenvalue weighted by atomic mass is 9.93. The fraction of sp³-hybridized carbons (Fsp3) is 0.550. The maximum Gasteiger partial charge on any atom is 0.273 e. The van der Waals surface area contributed by atoms with Crippen molar-refractivity contribution < 1.29 is 14.6 Å². The lowest BCUT2D eigenvalue weighted by molar-refractivity contribution is 0.0862. The van der Waals surface area contributed by atoms with Crippen molar-refractivity contribution in [2.75, 3.05) is 0 Å². The zero-order chi connectivity index (χ0) is 19.4. The Balaban J connectivity index is 1.75. The van der Waals surface area contributed by atoms with Crippen LogP contribution in [0.2, 0.25) is 0 Å². The van der Waals surface area contributed by atoms with Gasteiger partial charge in [-0.2, -0.15) is 0 Å². The van der Waals surface area contributed by atoms with Crippen LogP contribution in [0.3, 0.4) is 0 Å². The quantitative estimate of drug-likeness (QED) is 0.814. The van der Waals surface area contributed by atoms with E-state index >= 15 is 0 Å². The number of nitrogens with zero attached hydrogens (tertiary/aromatic N) is 3. The zero-order valence-electron chi connectivity index (χ0n) is 16.2. The summed E-state index contributed by atoms with van der Waals surface area (Å²) in [6, 6.07) is 7.70. The Bertz CT molecular complexity index is 762. The molecule has 3 rings (SSSR count). The van der Waals surface area contributed by atoms with Gasteiger partial charge in [0.1, 0.15) is 5.75 Å². The minimum atomic E-state index is -0.243. The summed E-state index contributed by atoms with van der Waals surface area (Å²) < 4.78 is 7.38. The molecule has 0 unspecified atom stereocenters. The zero-order valence-corrected chi connectivity index (χ0v) is 16.2. The summed E-state index contributed by atoms with van der Waals surface area (Å²) in [4.78, 5) is 12.7. The molecular formula is C20H28N4O3. The molecule has 0 spiro atoms. The van der Waals surface area contributed by atoms with Gasteiger partial charge in [-0.15, -0.1) is 5.10 Å². The Kier molecular flexibility index (Phi) is 6.11. The van der Waals surface area contributed by atoms with Gasteiger partial charge in [0.15, 0.2) is 5.69 Å². The van der Waals surface area contributed by atoms with Crippen molar-refractivity contribution in [3.8, 4) is 11.4 Å². The van der Waals surface area contributed by atoms with E-state index in [9.17, 15) is 9.90 Å². The van der Waals surface area contributed by atoms with Gasteiger partial charge in [-0.1, -0.05) is 12.1 Å². The number of aromatic nitrogens is 3. The number of aliphatic hydroxyl groups excluding tert-OH is 1. The lowest BCUT2D eigenvalue weighted by Gasteiger charge is -2.25. The number of ether oxygens (including phenoxy) is 1. The first-order valence-corrected chi connectivity index (χ1v) is 9.68. The summed E-state index contributed by atoms with van der Waals surface area (Å²) in [7, 11) is 0. The second kappa shape index (κ2) is 8.52. The molecule has 7 nitrogen and oxygen atoms in total. The molecule has 2 N–H and O–H groups in total. The Hall–Kier alpha value is -2.41. The number of rotatable bonds is 6. The Morgan fingerprint density at radius 2 is 1.93 bits per heavy atom. The Morgan fingerprint density at radius 1 is 1.26 bits per heavy atom. The molecule has 0 aliphatic heterocycles. The second-order valence-corrected chi connectivity index (χ2v) is 7.29. The van der Waals surface area contributed by atoms with E-state index in [1.807, 2.05) is 45.0 Å². The minimum Gasteiger partial charge on any atom is -0.491 e. The fourth-order valence-corrected chi connectivity index (χ4v) is 3.41. The van der Waals surface area contributed by atoms with Gasteiger partial charge in [0.25, 0.3) is 5.91 Å². The highest BCUT2D eigenvalue weighted by Gasteiger charge is 2.25. The van der Waals surface area contributed by atoms with Crippen LogP contribution < -0.4 is 10.1 Å². The predicted octanol–water partition coefficient (Wildman–Crippen LogP) is 2.65. The number of carbonyl (C=O) groups excluding carboxylic acids is 1. The molecule has 1 aromatic heterocycles. The summed E-state index contributed by atoms with van der Waals surface area (Å²) in [5.41, 5.74) is 1.99. The molecule has 7 heteroatoms. The predicted molar refractivity (Wildman–Crippen MR) is 102 cm³/mol. The van der Waals surface area contributed by atoms with E-state index in [4.69, 9.17) is 4.74 Å². The van der Waals surface area contributed by atoms with E-state index in [1.165, 1.54) is 0 Å². The van der Waals surface area contributed by atoms with Crippen molar-refractivity contribution in [3.63, 3.8) is 0 Å². The van der Waals surface area contributed by atoms with Gasteiger partial charge < -0.3 is 15.2 Å². The van der Waals surface area contributed by atoms with Crippen molar-refractivity contribution in [2.45, 2.75) is 71.1 Å². The van der Waals surface area contributed by atoms with Gasteiger partial charge in [0, 0.05) is 6.04 Å². The van der Waals surface area contributed by atoms with Crippen LogP contribution in [0.1, 0.15) is 62.6 Å². The van der Waals surface area contributed by atoms with Crippen LogP contribution in [0.4, 0.5) is 0 Å². The van der Waals surface area contributed by atoms with Crippen LogP contribution >= 0.6 is 0 Å². The van der Waals surface area contributed by atoms with E-state index in [2.05, 4.69) is 15.6 Å². The van der Waals surface area contributed by atoms with E-state index in [0.29, 0.717) is 12.1 Å². The summed E-state index contributed by atoms with van der Waals surface area (Å²) in [6.07, 6.45) is 3.55. The Labute approximate surface area is 159 Å². The number of hydrogen-bond donors (Lipinski definition) is 2. The molecular weight excluding hydrogens is 344 g/mol. The van der Waals surface area contributed by atoms with E-state index in [-0.39, 0.29) is 24.2 Å². The van der Waals surface area contributed by atoms with Crippen LogP contribution in [-0.2, 0) is 6.42 Å². The summed E-state index contributed by atoms with van der Waals surface area (Å²) in [5, 5.41) is 21.0. The molecule has 146 valence electrons. The highest BCUT2D eigenvalue weighted by Crippen LogP contribution is 2.21. The maximum absolute atomic E-state index is 12.7. The number of amides is 1. The summed E-state index contributed by atoms with van der Waals surface area (Å²) in [5.74, 6) is 0.601. The highest BCUT2D eigenvalue weighted by molar-refractivity contribution is 5.93. The van der Waals surface area contributed by atoms with Crippen molar-refractivity contribution in [1.82, 2.24) is 20.3 Å². The summed E-state index contributed by atoms with van der Waals surface area (Å²) >= 11 is 0. The monoisotopic (exact) mass is 372 g/mol. The smallest absolute Gasteiger partial charge is 0.273 e. The average molecular weight is 372 g/mol. The minimum absolute atomic E-state index is 0.0863. The molecule has 1 amide bonds. The number of carbonyl (C=O) groups is 1.